The van der Waals surface area contributed by atoms with Crippen molar-refractivity contribution in [3.8, 4) is 16.9 Å². The van der Waals surface area contributed by atoms with Crippen LogP contribution in [0, 0.1) is 26.6 Å². The molecule has 2 aromatic carbocycles. The van der Waals surface area contributed by atoms with E-state index < -0.39 is 0 Å². The number of hydrogen-bond acceptors (Lipinski definition) is 8. The molecule has 41 heavy (non-hydrogen) atoms. The Kier molecular flexibility index (Phi) is 8.69. The van der Waals surface area contributed by atoms with Crippen LogP contribution in [0.5, 0.6) is 0 Å². The zero-order valence-corrected chi connectivity index (χ0v) is 27.5. The van der Waals surface area contributed by atoms with E-state index in [2.05, 4.69) is 61.6 Å². The van der Waals surface area contributed by atoms with E-state index in [1.165, 1.54) is 30.0 Å². The van der Waals surface area contributed by atoms with E-state index in [1.807, 2.05) is 44.2 Å². The lowest BCUT2D eigenvalue weighted by atomic mass is 10.1. The van der Waals surface area contributed by atoms with Crippen LogP contribution < -0.4 is 11.3 Å². The molecule has 0 bridgehead atoms. The molecule has 0 radical (unpaired) electrons. The zero-order valence-electron chi connectivity index (χ0n) is 21.9. The number of anilines is 1. The highest BCUT2D eigenvalue weighted by Crippen LogP contribution is 2.32. The Morgan fingerprint density at radius 1 is 1.05 bits per heavy atom. The minimum Gasteiger partial charge on any atom is -0.383 e. The highest BCUT2D eigenvalue weighted by atomic mass is 79.9. The lowest BCUT2D eigenvalue weighted by Crippen LogP contribution is -2.26. The molecule has 0 fully saturated rings. The van der Waals surface area contributed by atoms with Gasteiger partial charge in [-0.1, -0.05) is 18.2 Å². The summed E-state index contributed by atoms with van der Waals surface area (Å²) < 4.78 is 22.1. The summed E-state index contributed by atoms with van der Waals surface area (Å²) in [6.45, 7) is 5.66. The summed E-state index contributed by atoms with van der Waals surface area (Å²) in [7, 11) is 0. The second kappa shape index (κ2) is 12.1. The summed E-state index contributed by atoms with van der Waals surface area (Å²) in [5.74, 6) is 0.305. The Bertz CT molecular complexity index is 1950. The molecule has 0 aliphatic rings. The number of hydrogen-bond donors (Lipinski definition) is 1. The van der Waals surface area contributed by atoms with Gasteiger partial charge in [-0.3, -0.25) is 9.36 Å². The van der Waals surface area contributed by atoms with Crippen molar-refractivity contribution in [2.45, 2.75) is 27.3 Å². The standard InChI is InChI=1S/C26H21FN8OS.BBr3/c1-13-8-16(10-17(27)9-13)22-21-23(28)29-12-30-24(21)34(32-22)11-19-31-25-20(15(3)33-37-25)26(36)35(19)18-7-5-4-6-14(18)2;2-1(3)4/h4-10,12H,11H2,1-3H3,(H2,28,29,30);. The largest absolute Gasteiger partial charge is 0.383 e. The van der Waals surface area contributed by atoms with E-state index in [9.17, 15) is 9.18 Å². The molecule has 0 spiro atoms. The van der Waals surface area contributed by atoms with Crippen LogP contribution in [0.3, 0.4) is 0 Å². The van der Waals surface area contributed by atoms with Gasteiger partial charge in [0.25, 0.3) is 5.56 Å². The highest BCUT2D eigenvalue weighted by molar-refractivity contribution is 9.69. The topological polar surface area (TPSA) is 117 Å². The molecule has 0 atom stereocenters. The summed E-state index contributed by atoms with van der Waals surface area (Å²) in [6, 6.07) is 12.3. The Labute approximate surface area is 263 Å². The minimum atomic E-state index is -0.380. The Hall–Kier alpha value is -3.01. The number of halogens is 4. The third-order valence-corrected chi connectivity index (χ3v) is 7.11. The molecular formula is C26H21BBr3FN8OS. The number of nitrogens with two attached hydrogens (primary N) is 1. The third kappa shape index (κ3) is 5.99. The Balaban J connectivity index is 0.000000794. The second-order valence-corrected chi connectivity index (χ2v) is 16.3. The van der Waals surface area contributed by atoms with Gasteiger partial charge in [0.15, 0.2) is 10.5 Å². The average molecular weight is 763 g/mol. The third-order valence-electron chi connectivity index (χ3n) is 6.27. The number of fused-ring (bicyclic) bond motifs is 2. The second-order valence-electron chi connectivity index (χ2n) is 9.13. The lowest BCUT2D eigenvalue weighted by molar-refractivity contribution is 0.626. The van der Waals surface area contributed by atoms with E-state index in [0.717, 1.165) is 11.1 Å². The SMILES string of the molecule is BrB(Br)Br.Cc1cc(F)cc(-c2nn(Cc3nc4snc(C)c4c(=O)n3-c3ccccc3C)c3ncnc(N)c23)c1. The number of rotatable bonds is 4. The van der Waals surface area contributed by atoms with Gasteiger partial charge in [0, 0.05) is 5.56 Å². The molecule has 0 amide bonds. The fourth-order valence-corrected chi connectivity index (χ4v) is 5.38. The Morgan fingerprint density at radius 3 is 2.49 bits per heavy atom. The van der Waals surface area contributed by atoms with Crippen LogP contribution in [0.1, 0.15) is 22.6 Å². The maximum absolute atomic E-state index is 14.3. The monoisotopic (exact) mass is 760 g/mol. The number of benzene rings is 2. The molecule has 6 rings (SSSR count). The van der Waals surface area contributed by atoms with Crippen molar-refractivity contribution in [2.75, 3.05) is 5.73 Å². The first kappa shape index (κ1) is 29.5. The van der Waals surface area contributed by atoms with Crippen molar-refractivity contribution in [2.24, 2.45) is 0 Å². The van der Waals surface area contributed by atoms with Crippen molar-refractivity contribution >= 4 is 89.1 Å². The van der Waals surface area contributed by atoms with Gasteiger partial charge in [-0.25, -0.2) is 24.0 Å². The molecule has 0 saturated heterocycles. The van der Waals surface area contributed by atoms with E-state index in [4.69, 9.17) is 15.8 Å². The molecule has 0 aliphatic heterocycles. The molecule has 9 nitrogen and oxygen atoms in total. The summed E-state index contributed by atoms with van der Waals surface area (Å²) in [5, 5.41) is 5.77. The first-order chi connectivity index (χ1) is 19.5. The van der Waals surface area contributed by atoms with Gasteiger partial charge in [0.1, 0.15) is 41.4 Å². The fraction of sp³-hybridized carbons (Fsp3) is 0.154. The van der Waals surface area contributed by atoms with Gasteiger partial charge in [0.05, 0.1) is 16.8 Å². The summed E-state index contributed by atoms with van der Waals surface area (Å²) in [5.41, 5.74) is 10.5. The van der Waals surface area contributed by atoms with Gasteiger partial charge in [-0.15, -0.1) is 47.3 Å². The highest BCUT2D eigenvalue weighted by Gasteiger charge is 2.22. The molecule has 0 unspecified atom stereocenters. The first-order valence-electron chi connectivity index (χ1n) is 12.2. The lowest BCUT2D eigenvalue weighted by Gasteiger charge is -2.15. The van der Waals surface area contributed by atoms with Crippen LogP contribution in [0.2, 0.25) is 0 Å². The molecule has 208 valence electrons. The summed E-state index contributed by atoms with van der Waals surface area (Å²) in [6.07, 6.45) is 1.36. The normalized spacial score (nSPS) is 11.1. The predicted octanol–water partition coefficient (Wildman–Crippen LogP) is 6.50. The molecule has 0 aliphatic carbocycles. The van der Waals surface area contributed by atoms with Gasteiger partial charge in [-0.2, -0.15) is 9.47 Å². The molecule has 2 N–H and O–H groups in total. The molecule has 0 saturated carbocycles. The van der Waals surface area contributed by atoms with Gasteiger partial charge < -0.3 is 5.73 Å². The zero-order chi connectivity index (χ0) is 29.4. The van der Waals surface area contributed by atoms with Crippen molar-refractivity contribution < 1.29 is 4.39 Å². The van der Waals surface area contributed by atoms with Crippen LogP contribution in [0.15, 0.2) is 53.6 Å². The maximum Gasteiger partial charge on any atom is 0.369 e. The Morgan fingerprint density at radius 2 is 1.78 bits per heavy atom. The fourth-order valence-electron chi connectivity index (χ4n) is 4.60. The molecule has 6 aromatic rings. The summed E-state index contributed by atoms with van der Waals surface area (Å²) >= 11 is 10.5. The van der Waals surface area contributed by atoms with Crippen LogP contribution in [-0.4, -0.2) is 36.9 Å². The quantitative estimate of drug-likeness (QED) is 0.204. The predicted molar refractivity (Wildman–Crippen MR) is 174 cm³/mol. The van der Waals surface area contributed by atoms with Crippen LogP contribution in [0.4, 0.5) is 10.2 Å². The number of nitrogens with zero attached hydrogens (tertiary/aromatic N) is 7. The van der Waals surface area contributed by atoms with Crippen LogP contribution >= 0.6 is 58.8 Å². The summed E-state index contributed by atoms with van der Waals surface area (Å²) in [4.78, 5) is 27.7. The van der Waals surface area contributed by atoms with Crippen LogP contribution in [0.25, 0.3) is 38.2 Å². The van der Waals surface area contributed by atoms with Crippen molar-refractivity contribution in [1.29, 1.82) is 0 Å². The number of para-hydroxylation sites is 1. The first-order valence-corrected chi connectivity index (χ1v) is 15.7. The average Bonchev–Trinajstić information content (AvgIpc) is 3.45. The van der Waals surface area contributed by atoms with E-state index >= 15 is 0 Å². The molecule has 4 aromatic heterocycles. The van der Waals surface area contributed by atoms with Crippen molar-refractivity contribution in [3.63, 3.8) is 0 Å². The molecular weight excluding hydrogens is 742 g/mol. The smallest absolute Gasteiger partial charge is 0.369 e. The maximum atomic E-state index is 14.3. The number of aromatic nitrogens is 7. The van der Waals surface area contributed by atoms with Gasteiger partial charge in [-0.05, 0) is 67.7 Å². The van der Waals surface area contributed by atoms with Crippen molar-refractivity contribution in [1.82, 2.24) is 33.7 Å². The van der Waals surface area contributed by atoms with E-state index in [0.29, 0.717) is 49.7 Å². The van der Waals surface area contributed by atoms with E-state index in [-0.39, 0.29) is 26.9 Å². The van der Waals surface area contributed by atoms with Crippen LogP contribution in [-0.2, 0) is 6.54 Å². The van der Waals surface area contributed by atoms with Gasteiger partial charge >= 0.3 is 3.18 Å². The molecule has 4 heterocycles. The van der Waals surface area contributed by atoms with Gasteiger partial charge in [0.2, 0.25) is 0 Å². The number of aryl methyl sites for hydroxylation is 3. The minimum absolute atomic E-state index is 0.109. The number of nitrogen functional groups attached to an aromatic ring is 1. The molecule has 15 heteroatoms. The van der Waals surface area contributed by atoms with E-state index in [1.54, 1.807) is 16.2 Å². The van der Waals surface area contributed by atoms with Crippen molar-refractivity contribution in [3.05, 3.63) is 87.6 Å².